The van der Waals surface area contributed by atoms with Crippen molar-refractivity contribution >= 4 is 5.57 Å². The molecular formula is C13H13FN2. The lowest BCUT2D eigenvalue weighted by atomic mass is 9.90. The smallest absolute Gasteiger partial charge is 0.109 e. The van der Waals surface area contributed by atoms with Crippen molar-refractivity contribution in [3.8, 4) is 0 Å². The van der Waals surface area contributed by atoms with Gasteiger partial charge in [-0.1, -0.05) is 6.07 Å². The third-order valence-electron chi connectivity index (χ3n) is 3.20. The fraction of sp³-hybridized carbons (Fsp3) is 0.308. The first-order chi connectivity index (χ1) is 7.86. The molecule has 2 aliphatic rings. The van der Waals surface area contributed by atoms with E-state index in [0.717, 1.165) is 36.1 Å². The minimum absolute atomic E-state index is 0.00968. The Kier molecular flexibility index (Phi) is 2.24. The Labute approximate surface area is 93.9 Å². The second-order valence-electron chi connectivity index (χ2n) is 4.16. The molecule has 1 N–H and O–H groups in total. The van der Waals surface area contributed by atoms with E-state index in [1.54, 1.807) is 12.4 Å². The van der Waals surface area contributed by atoms with Crippen molar-refractivity contribution in [3.05, 3.63) is 47.2 Å². The van der Waals surface area contributed by atoms with E-state index in [0.29, 0.717) is 6.42 Å². The average Bonchev–Trinajstić information content (AvgIpc) is 2.78. The Hall–Kier alpha value is -1.64. The van der Waals surface area contributed by atoms with Gasteiger partial charge in [0.15, 0.2) is 0 Å². The zero-order valence-electron chi connectivity index (χ0n) is 8.96. The fourth-order valence-corrected chi connectivity index (χ4v) is 2.48. The van der Waals surface area contributed by atoms with Gasteiger partial charge in [0.2, 0.25) is 0 Å². The van der Waals surface area contributed by atoms with Crippen LogP contribution in [0.25, 0.3) is 5.57 Å². The molecule has 3 rings (SSSR count). The molecule has 0 unspecified atom stereocenters. The molecule has 0 fully saturated rings. The normalized spacial score (nSPS) is 19.8. The summed E-state index contributed by atoms with van der Waals surface area (Å²) in [5, 5.41) is 3.34. The van der Waals surface area contributed by atoms with Gasteiger partial charge in [-0.05, 0) is 24.5 Å². The number of aromatic nitrogens is 1. The first-order valence-corrected chi connectivity index (χ1v) is 5.61. The van der Waals surface area contributed by atoms with Crippen molar-refractivity contribution in [1.82, 2.24) is 10.3 Å². The second kappa shape index (κ2) is 3.74. The molecule has 0 radical (unpaired) electrons. The molecule has 1 aromatic rings. The molecule has 1 aromatic heterocycles. The predicted octanol–water partition coefficient (Wildman–Crippen LogP) is 2.80. The van der Waals surface area contributed by atoms with Crippen LogP contribution >= 0.6 is 0 Å². The first kappa shape index (κ1) is 9.58. The van der Waals surface area contributed by atoms with Crippen LogP contribution in [0.3, 0.4) is 0 Å². The van der Waals surface area contributed by atoms with Crippen LogP contribution < -0.4 is 5.32 Å². The summed E-state index contributed by atoms with van der Waals surface area (Å²) in [6.45, 7) is 0.932. The molecule has 0 bridgehead atoms. The molecular weight excluding hydrogens is 203 g/mol. The van der Waals surface area contributed by atoms with Crippen LogP contribution in [0.15, 0.2) is 41.6 Å². The Morgan fingerprint density at radius 3 is 3.00 bits per heavy atom. The lowest BCUT2D eigenvalue weighted by Gasteiger charge is -2.18. The zero-order valence-corrected chi connectivity index (χ0v) is 8.96. The van der Waals surface area contributed by atoms with Gasteiger partial charge in [-0.15, -0.1) is 0 Å². The summed E-state index contributed by atoms with van der Waals surface area (Å²) in [4.78, 5) is 4.06. The van der Waals surface area contributed by atoms with Crippen LogP contribution in [0.4, 0.5) is 4.39 Å². The topological polar surface area (TPSA) is 24.9 Å². The lowest BCUT2D eigenvalue weighted by molar-refractivity contribution is 0.580. The molecule has 0 spiro atoms. The van der Waals surface area contributed by atoms with Crippen LogP contribution in [0, 0.1) is 0 Å². The van der Waals surface area contributed by atoms with Crippen LogP contribution in [0.5, 0.6) is 0 Å². The van der Waals surface area contributed by atoms with Gasteiger partial charge >= 0.3 is 0 Å². The van der Waals surface area contributed by atoms with Gasteiger partial charge in [-0.2, -0.15) is 0 Å². The summed E-state index contributed by atoms with van der Waals surface area (Å²) in [5.74, 6) is 0.00968. The Morgan fingerprint density at radius 1 is 1.25 bits per heavy atom. The quantitative estimate of drug-likeness (QED) is 0.780. The molecule has 2 nitrogen and oxygen atoms in total. The molecule has 16 heavy (non-hydrogen) atoms. The van der Waals surface area contributed by atoms with E-state index >= 15 is 0 Å². The summed E-state index contributed by atoms with van der Waals surface area (Å²) in [6.07, 6.45) is 5.70. The number of nitrogens with one attached hydrogen (secondary N) is 1. The maximum Gasteiger partial charge on any atom is 0.109 e. The maximum atomic E-state index is 14.0. The predicted molar refractivity (Wildman–Crippen MR) is 61.1 cm³/mol. The molecule has 3 heteroatoms. The lowest BCUT2D eigenvalue weighted by Crippen LogP contribution is -2.09. The Bertz CT molecular complexity index is 474. The van der Waals surface area contributed by atoms with Crippen LogP contribution in [0.2, 0.25) is 0 Å². The molecule has 0 amide bonds. The Morgan fingerprint density at radius 2 is 2.19 bits per heavy atom. The monoisotopic (exact) mass is 216 g/mol. The van der Waals surface area contributed by atoms with Crippen molar-refractivity contribution in [2.24, 2.45) is 0 Å². The van der Waals surface area contributed by atoms with E-state index in [2.05, 4.69) is 10.3 Å². The third kappa shape index (κ3) is 1.43. The number of halogens is 1. The van der Waals surface area contributed by atoms with Gasteiger partial charge < -0.3 is 5.32 Å². The molecule has 0 saturated carbocycles. The zero-order chi connectivity index (χ0) is 11.0. The molecule has 0 saturated heterocycles. The molecule has 0 aromatic carbocycles. The maximum absolute atomic E-state index is 14.0. The summed E-state index contributed by atoms with van der Waals surface area (Å²) in [7, 11) is 0. The summed E-state index contributed by atoms with van der Waals surface area (Å²) >= 11 is 0. The number of hydrogen-bond donors (Lipinski definition) is 1. The Balaban J connectivity index is 2.11. The molecule has 1 aliphatic carbocycles. The molecule has 1 aliphatic heterocycles. The third-order valence-corrected chi connectivity index (χ3v) is 3.20. The van der Waals surface area contributed by atoms with E-state index in [4.69, 9.17) is 0 Å². The van der Waals surface area contributed by atoms with Gasteiger partial charge in [0.1, 0.15) is 5.83 Å². The van der Waals surface area contributed by atoms with Crippen molar-refractivity contribution in [2.45, 2.75) is 19.3 Å². The van der Waals surface area contributed by atoms with E-state index < -0.39 is 0 Å². The van der Waals surface area contributed by atoms with E-state index in [-0.39, 0.29) is 5.83 Å². The summed E-state index contributed by atoms with van der Waals surface area (Å²) in [6, 6.07) is 3.78. The molecule has 82 valence electrons. The highest BCUT2D eigenvalue weighted by Gasteiger charge is 2.26. The van der Waals surface area contributed by atoms with Crippen molar-refractivity contribution < 1.29 is 4.39 Å². The highest BCUT2D eigenvalue weighted by Crippen LogP contribution is 2.39. The minimum Gasteiger partial charge on any atom is -0.388 e. The number of nitrogens with zero attached hydrogens (tertiary/aromatic N) is 1. The number of pyridine rings is 1. The largest absolute Gasteiger partial charge is 0.388 e. The van der Waals surface area contributed by atoms with E-state index in [1.165, 1.54) is 5.70 Å². The highest BCUT2D eigenvalue weighted by molar-refractivity contribution is 5.82. The molecule has 2 heterocycles. The van der Waals surface area contributed by atoms with Crippen molar-refractivity contribution in [1.29, 1.82) is 0 Å². The fourth-order valence-electron chi connectivity index (χ4n) is 2.48. The van der Waals surface area contributed by atoms with E-state index in [9.17, 15) is 4.39 Å². The number of hydrogen-bond acceptors (Lipinski definition) is 2. The van der Waals surface area contributed by atoms with Crippen molar-refractivity contribution in [2.75, 3.05) is 6.54 Å². The van der Waals surface area contributed by atoms with Crippen LogP contribution in [-0.2, 0) is 0 Å². The summed E-state index contributed by atoms with van der Waals surface area (Å²) < 4.78 is 14.0. The first-order valence-electron chi connectivity index (χ1n) is 5.61. The van der Waals surface area contributed by atoms with Crippen LogP contribution in [0.1, 0.15) is 24.8 Å². The van der Waals surface area contributed by atoms with Gasteiger partial charge in [-0.25, -0.2) is 4.39 Å². The number of rotatable bonds is 1. The van der Waals surface area contributed by atoms with Crippen molar-refractivity contribution in [3.63, 3.8) is 0 Å². The van der Waals surface area contributed by atoms with Gasteiger partial charge in [0.05, 0.1) is 0 Å². The van der Waals surface area contributed by atoms with E-state index in [1.807, 2.05) is 12.1 Å². The molecule has 0 atom stereocenters. The SMILES string of the molecule is FC1=C(c2cccnc2)C2=C(CC1)NCC2. The number of allylic oxidation sites excluding steroid dienone is 3. The van der Waals surface area contributed by atoms with Gasteiger partial charge in [0.25, 0.3) is 0 Å². The summed E-state index contributed by atoms with van der Waals surface area (Å²) in [5.41, 5.74) is 4.05. The van der Waals surface area contributed by atoms with Gasteiger partial charge in [-0.3, -0.25) is 4.98 Å². The minimum atomic E-state index is 0.00968. The van der Waals surface area contributed by atoms with Gasteiger partial charge in [0, 0.05) is 42.2 Å². The highest BCUT2D eigenvalue weighted by atomic mass is 19.1. The second-order valence-corrected chi connectivity index (χ2v) is 4.16. The average molecular weight is 216 g/mol. The standard InChI is InChI=1S/C13H13FN2/c14-11-3-4-12-10(5-7-16-12)13(11)9-2-1-6-15-8-9/h1-2,6,8,16H,3-5,7H2. The van der Waals surface area contributed by atoms with Crippen LogP contribution in [-0.4, -0.2) is 11.5 Å².